The lowest BCUT2D eigenvalue weighted by Crippen LogP contribution is -2.37. The van der Waals surface area contributed by atoms with Crippen molar-refractivity contribution in [3.05, 3.63) is 48.5 Å². The molecule has 0 spiro atoms. The van der Waals surface area contributed by atoms with Crippen LogP contribution in [-0.4, -0.2) is 52.1 Å². The molecule has 0 aliphatic rings. The van der Waals surface area contributed by atoms with E-state index in [1.807, 2.05) is 43.0 Å². The minimum Gasteiger partial charge on any atom is -0.497 e. The van der Waals surface area contributed by atoms with Crippen molar-refractivity contribution < 1.29 is 9.53 Å². The van der Waals surface area contributed by atoms with Crippen molar-refractivity contribution >= 4 is 28.7 Å². The normalized spacial score (nSPS) is 11.4. The molecule has 0 atom stereocenters. The number of hydrogen-bond donors (Lipinski definition) is 1. The second-order valence-electron chi connectivity index (χ2n) is 5.73. The Kier molecular flexibility index (Phi) is 5.65. The van der Waals surface area contributed by atoms with E-state index in [4.69, 9.17) is 4.74 Å². The number of para-hydroxylation sites is 1. The predicted octanol–water partition coefficient (Wildman–Crippen LogP) is 3.22. The number of aliphatic imine (C=N–C) groups is 1. The quantitative estimate of drug-likeness (QED) is 0.566. The van der Waals surface area contributed by atoms with Crippen molar-refractivity contribution in [2.75, 3.05) is 25.5 Å². The van der Waals surface area contributed by atoms with Crippen molar-refractivity contribution in [1.82, 2.24) is 19.9 Å². The van der Waals surface area contributed by atoms with Crippen LogP contribution in [0.5, 0.6) is 5.75 Å². The highest BCUT2D eigenvalue weighted by atomic mass is 16.5. The van der Waals surface area contributed by atoms with E-state index in [1.165, 1.54) is 0 Å². The fourth-order valence-electron chi connectivity index (χ4n) is 2.69. The van der Waals surface area contributed by atoms with Crippen molar-refractivity contribution in [2.45, 2.75) is 13.8 Å². The van der Waals surface area contributed by atoms with Crippen LogP contribution in [0.1, 0.15) is 13.8 Å². The zero-order chi connectivity index (χ0) is 19.2. The third-order valence-electron chi connectivity index (χ3n) is 4.13. The molecule has 0 radical (unpaired) electrons. The molecule has 0 saturated heterocycles. The van der Waals surface area contributed by atoms with Crippen LogP contribution in [0.15, 0.2) is 53.5 Å². The predicted molar refractivity (Wildman–Crippen MR) is 105 cm³/mol. The van der Waals surface area contributed by atoms with Gasteiger partial charge in [-0.1, -0.05) is 17.3 Å². The summed E-state index contributed by atoms with van der Waals surface area (Å²) >= 11 is 0. The van der Waals surface area contributed by atoms with Crippen LogP contribution in [0.4, 0.5) is 10.5 Å². The smallest absolute Gasteiger partial charge is 0.348 e. The molecule has 2 amide bonds. The third kappa shape index (κ3) is 4.05. The van der Waals surface area contributed by atoms with Gasteiger partial charge in [-0.15, -0.1) is 5.10 Å². The number of benzene rings is 2. The molecule has 8 nitrogen and oxygen atoms in total. The van der Waals surface area contributed by atoms with Gasteiger partial charge in [0.25, 0.3) is 0 Å². The zero-order valence-corrected chi connectivity index (χ0v) is 15.6. The topological polar surface area (TPSA) is 84.6 Å². The van der Waals surface area contributed by atoms with Gasteiger partial charge in [-0.05, 0) is 50.2 Å². The first-order valence-electron chi connectivity index (χ1n) is 8.75. The van der Waals surface area contributed by atoms with Gasteiger partial charge >= 0.3 is 6.03 Å². The molecule has 27 heavy (non-hydrogen) atoms. The third-order valence-corrected chi connectivity index (χ3v) is 4.13. The number of hydrogen-bond acceptors (Lipinski definition) is 4. The van der Waals surface area contributed by atoms with E-state index in [9.17, 15) is 4.79 Å². The van der Waals surface area contributed by atoms with Crippen molar-refractivity contribution in [3.8, 4) is 5.75 Å². The monoisotopic (exact) mass is 366 g/mol. The first-order valence-corrected chi connectivity index (χ1v) is 8.75. The fraction of sp³-hybridized carbons (Fsp3) is 0.263. The zero-order valence-electron chi connectivity index (χ0n) is 15.6. The van der Waals surface area contributed by atoms with Crippen LogP contribution < -0.4 is 10.1 Å². The van der Waals surface area contributed by atoms with E-state index in [1.54, 1.807) is 36.1 Å². The number of anilines is 1. The molecule has 0 aliphatic carbocycles. The van der Waals surface area contributed by atoms with Gasteiger partial charge < -0.3 is 15.0 Å². The Balaban J connectivity index is 1.93. The summed E-state index contributed by atoms with van der Waals surface area (Å²) in [7, 11) is 1.59. The van der Waals surface area contributed by atoms with Crippen LogP contribution in [0.2, 0.25) is 0 Å². The van der Waals surface area contributed by atoms with Gasteiger partial charge in [-0.25, -0.2) is 4.79 Å². The number of nitrogens with zero attached hydrogens (tertiary/aromatic N) is 5. The fourth-order valence-corrected chi connectivity index (χ4v) is 2.69. The van der Waals surface area contributed by atoms with E-state index in [2.05, 4.69) is 20.6 Å². The Morgan fingerprint density at radius 1 is 1.15 bits per heavy atom. The average molecular weight is 366 g/mol. The highest BCUT2D eigenvalue weighted by Gasteiger charge is 2.17. The molecule has 0 bridgehead atoms. The van der Waals surface area contributed by atoms with Crippen LogP contribution >= 0.6 is 0 Å². The number of urea groups is 1. The van der Waals surface area contributed by atoms with Gasteiger partial charge in [0.1, 0.15) is 11.3 Å². The SMILES string of the molecule is CCN(CC)/C(=N\C(=O)Nc1ccc(OC)cc1)n1nnc2ccccc21. The summed E-state index contributed by atoms with van der Waals surface area (Å²) < 4.78 is 6.72. The molecular weight excluding hydrogens is 344 g/mol. The Morgan fingerprint density at radius 3 is 2.52 bits per heavy atom. The molecule has 8 heteroatoms. The minimum atomic E-state index is -0.485. The second-order valence-corrected chi connectivity index (χ2v) is 5.73. The van der Waals surface area contributed by atoms with E-state index in [0.717, 1.165) is 16.8 Å². The van der Waals surface area contributed by atoms with E-state index >= 15 is 0 Å². The van der Waals surface area contributed by atoms with Gasteiger partial charge in [0, 0.05) is 18.8 Å². The maximum Gasteiger partial charge on any atom is 0.348 e. The van der Waals surface area contributed by atoms with Crippen LogP contribution in [-0.2, 0) is 0 Å². The first kappa shape index (κ1) is 18.4. The highest BCUT2D eigenvalue weighted by molar-refractivity contribution is 6.01. The van der Waals surface area contributed by atoms with Crippen molar-refractivity contribution in [3.63, 3.8) is 0 Å². The molecule has 2 aromatic carbocycles. The van der Waals surface area contributed by atoms with E-state index in [0.29, 0.717) is 24.7 Å². The Labute approximate surface area is 157 Å². The lowest BCUT2D eigenvalue weighted by atomic mass is 10.3. The molecule has 1 aromatic heterocycles. The van der Waals surface area contributed by atoms with Gasteiger partial charge in [-0.2, -0.15) is 9.67 Å². The molecule has 0 unspecified atom stereocenters. The van der Waals surface area contributed by atoms with Gasteiger partial charge in [0.05, 0.1) is 12.6 Å². The number of rotatable bonds is 4. The average Bonchev–Trinajstić information content (AvgIpc) is 3.12. The summed E-state index contributed by atoms with van der Waals surface area (Å²) in [5, 5.41) is 11.1. The number of aromatic nitrogens is 3. The van der Waals surface area contributed by atoms with Crippen LogP contribution in [0.3, 0.4) is 0 Å². The summed E-state index contributed by atoms with van der Waals surface area (Å²) in [6, 6.07) is 14.1. The van der Waals surface area contributed by atoms with Gasteiger partial charge in [0.2, 0.25) is 5.96 Å². The Bertz CT molecular complexity index is 944. The maximum absolute atomic E-state index is 12.5. The van der Waals surface area contributed by atoms with Gasteiger partial charge in [-0.3, -0.25) is 0 Å². The highest BCUT2D eigenvalue weighted by Crippen LogP contribution is 2.16. The molecule has 140 valence electrons. The second kappa shape index (κ2) is 8.31. The molecule has 1 heterocycles. The number of fused-ring (bicyclic) bond motifs is 1. The number of nitrogens with one attached hydrogen (secondary N) is 1. The molecule has 0 saturated carbocycles. The molecule has 3 aromatic rings. The number of amides is 2. The summed E-state index contributed by atoms with van der Waals surface area (Å²) in [6.07, 6.45) is 0. The van der Waals surface area contributed by atoms with E-state index in [-0.39, 0.29) is 0 Å². The number of carbonyl (C=O) groups is 1. The Hall–Kier alpha value is -3.42. The van der Waals surface area contributed by atoms with Crippen molar-refractivity contribution in [2.24, 2.45) is 4.99 Å². The molecule has 1 N–H and O–H groups in total. The lowest BCUT2D eigenvalue weighted by molar-refractivity contribution is 0.259. The Morgan fingerprint density at radius 2 is 1.85 bits per heavy atom. The first-order chi connectivity index (χ1) is 13.2. The molecule has 0 aliphatic heterocycles. The summed E-state index contributed by atoms with van der Waals surface area (Å²) in [4.78, 5) is 18.8. The van der Waals surface area contributed by atoms with E-state index < -0.39 is 6.03 Å². The number of carbonyl (C=O) groups excluding carboxylic acids is 1. The molecule has 0 fully saturated rings. The summed E-state index contributed by atoms with van der Waals surface area (Å²) in [5.41, 5.74) is 2.17. The van der Waals surface area contributed by atoms with Gasteiger partial charge in [0.15, 0.2) is 0 Å². The summed E-state index contributed by atoms with van der Waals surface area (Å²) in [6.45, 7) is 5.36. The number of methoxy groups -OCH3 is 1. The lowest BCUT2D eigenvalue weighted by Gasteiger charge is -2.22. The van der Waals surface area contributed by atoms with Crippen LogP contribution in [0.25, 0.3) is 11.0 Å². The van der Waals surface area contributed by atoms with Crippen molar-refractivity contribution in [1.29, 1.82) is 0 Å². The molecular formula is C19H22N6O2. The maximum atomic E-state index is 12.5. The summed E-state index contributed by atoms with van der Waals surface area (Å²) in [5.74, 6) is 1.15. The number of ether oxygens (including phenoxy) is 1. The van der Waals surface area contributed by atoms with Crippen LogP contribution in [0, 0.1) is 0 Å². The standard InChI is InChI=1S/C19H22N6O2/c1-4-24(5-2)19(25-17-9-7-6-8-16(17)22-23-25)21-18(26)20-14-10-12-15(27-3)13-11-14/h6-13H,4-5H2,1-3H3,(H,20,26)/b21-19+. The minimum absolute atomic E-state index is 0.430. The molecule has 3 rings (SSSR count). The largest absolute Gasteiger partial charge is 0.497 e.